The highest BCUT2D eigenvalue weighted by Gasteiger charge is 2.30. The molecular formula is C68H92BrClN4O6Si. The quantitative estimate of drug-likeness (QED) is 0.123. The summed E-state index contributed by atoms with van der Waals surface area (Å²) in [7, 11) is -1.33. The molecule has 0 saturated carbocycles. The third-order valence-corrected chi connectivity index (χ3v) is 15.6. The van der Waals surface area contributed by atoms with Crippen molar-refractivity contribution in [3.63, 3.8) is 0 Å². The average molecular weight is 1200 g/mol. The molecule has 0 radical (unpaired) electrons. The summed E-state index contributed by atoms with van der Waals surface area (Å²) in [5.74, 6) is 10.9. The molecule has 438 valence electrons. The molecule has 4 aliphatic rings. The van der Waals surface area contributed by atoms with Crippen molar-refractivity contribution >= 4 is 54.7 Å². The first-order valence-corrected chi connectivity index (χ1v) is 33.1. The van der Waals surface area contributed by atoms with Gasteiger partial charge >= 0.3 is 18.3 Å². The van der Waals surface area contributed by atoms with Gasteiger partial charge in [-0.2, -0.15) is 0 Å². The zero-order chi connectivity index (χ0) is 58.7. The molecule has 13 heteroatoms. The van der Waals surface area contributed by atoms with Crippen LogP contribution in [0, 0.1) is 36.2 Å². The van der Waals surface area contributed by atoms with E-state index in [0.717, 1.165) is 118 Å². The number of amides is 3. The average Bonchev–Trinajstić information content (AvgIpc) is 3.42. The molecule has 4 aromatic rings. The largest absolute Gasteiger partial charge is 0.444 e. The molecule has 8 rings (SSSR count). The fourth-order valence-electron chi connectivity index (χ4n) is 9.86. The zero-order valence-corrected chi connectivity index (χ0v) is 54.0. The molecular weight excluding hydrogens is 1110 g/mol. The van der Waals surface area contributed by atoms with E-state index >= 15 is 0 Å². The van der Waals surface area contributed by atoms with Gasteiger partial charge in [-0.25, -0.2) is 14.4 Å². The Morgan fingerprint density at radius 2 is 0.728 bits per heavy atom. The molecule has 0 atom stereocenters. The first kappa shape index (κ1) is 67.8. The minimum atomic E-state index is -1.33. The summed E-state index contributed by atoms with van der Waals surface area (Å²) in [6.07, 6.45) is 18.5. The number of hydrogen-bond donors (Lipinski definition) is 1. The molecule has 0 aliphatic carbocycles. The molecule has 0 spiro atoms. The van der Waals surface area contributed by atoms with E-state index in [-0.39, 0.29) is 30.7 Å². The van der Waals surface area contributed by atoms with E-state index in [0.29, 0.717) is 17.8 Å². The SMILES string of the molecule is C#Cc1ccc(C2CCN(C(=O)OC(C)(C)C)CC2)cc1.C#Cc1ccc(C2CCNCC2)cc1.CC(C)(C)OC(=O)N1CCC(c2ccc(Br)cc2)CC1.CC(C)(C)OC(=O)N1CCC(c2ccc(C#C[Si](C)(C)C)cc2)CC1.Cl. The van der Waals surface area contributed by atoms with Gasteiger partial charge in [0, 0.05) is 60.4 Å². The molecule has 0 unspecified atom stereocenters. The number of carbonyl (C=O) groups is 3. The van der Waals surface area contributed by atoms with Gasteiger partial charge in [-0.05, 0) is 221 Å². The van der Waals surface area contributed by atoms with Gasteiger partial charge in [0.25, 0.3) is 0 Å². The fraction of sp³-hybridized carbons (Fsp3) is 0.515. The topological polar surface area (TPSA) is 101 Å². The van der Waals surface area contributed by atoms with E-state index in [1.54, 1.807) is 4.90 Å². The first-order valence-electron chi connectivity index (χ1n) is 28.8. The van der Waals surface area contributed by atoms with Crippen LogP contribution >= 0.6 is 28.3 Å². The van der Waals surface area contributed by atoms with Crippen molar-refractivity contribution in [2.45, 2.75) is 174 Å². The van der Waals surface area contributed by atoms with Crippen LogP contribution in [0.3, 0.4) is 0 Å². The van der Waals surface area contributed by atoms with E-state index in [2.05, 4.69) is 137 Å². The maximum Gasteiger partial charge on any atom is 0.410 e. The van der Waals surface area contributed by atoms with Gasteiger partial charge in [-0.15, -0.1) is 30.8 Å². The number of halogens is 2. The number of nitrogens with one attached hydrogen (secondary N) is 1. The van der Waals surface area contributed by atoms with Crippen LogP contribution in [0.4, 0.5) is 14.4 Å². The number of nitrogens with zero attached hydrogens (tertiary/aromatic N) is 3. The van der Waals surface area contributed by atoms with Gasteiger partial charge in [0.2, 0.25) is 0 Å². The van der Waals surface area contributed by atoms with Crippen molar-refractivity contribution in [1.29, 1.82) is 0 Å². The van der Waals surface area contributed by atoms with Crippen LogP contribution in [0.5, 0.6) is 0 Å². The van der Waals surface area contributed by atoms with E-state index in [4.69, 9.17) is 27.1 Å². The number of hydrogen-bond acceptors (Lipinski definition) is 7. The number of rotatable bonds is 4. The number of piperidine rings is 4. The summed E-state index contributed by atoms with van der Waals surface area (Å²) in [5, 5.41) is 3.37. The van der Waals surface area contributed by atoms with Crippen LogP contribution in [0.1, 0.15) is 176 Å². The molecule has 1 N–H and O–H groups in total. The zero-order valence-electron chi connectivity index (χ0n) is 50.6. The number of terminal acetylenes is 2. The van der Waals surface area contributed by atoms with Gasteiger partial charge in [0.05, 0.1) is 0 Å². The highest BCUT2D eigenvalue weighted by atomic mass is 79.9. The lowest BCUT2D eigenvalue weighted by atomic mass is 9.89. The Morgan fingerprint density at radius 1 is 0.469 bits per heavy atom. The lowest BCUT2D eigenvalue weighted by Gasteiger charge is -2.33. The Hall–Kier alpha value is -5.68. The molecule has 4 saturated heterocycles. The summed E-state index contributed by atoms with van der Waals surface area (Å²) in [6.45, 7) is 30.7. The third-order valence-electron chi connectivity index (χ3n) is 14.2. The van der Waals surface area contributed by atoms with Crippen LogP contribution in [-0.2, 0) is 14.2 Å². The number of carbonyl (C=O) groups excluding carboxylic acids is 3. The summed E-state index contributed by atoms with van der Waals surface area (Å²) < 4.78 is 17.4. The smallest absolute Gasteiger partial charge is 0.410 e. The second-order valence-electron chi connectivity index (χ2n) is 25.5. The molecule has 4 aromatic carbocycles. The summed E-state index contributed by atoms with van der Waals surface area (Å²) in [4.78, 5) is 41.6. The minimum absolute atomic E-state index is 0. The molecule has 0 aromatic heterocycles. The number of ether oxygens (including phenoxy) is 3. The second kappa shape index (κ2) is 31.7. The van der Waals surface area contributed by atoms with E-state index in [1.807, 2.05) is 96.4 Å². The highest BCUT2D eigenvalue weighted by molar-refractivity contribution is 9.10. The molecule has 3 amide bonds. The Kier molecular flexibility index (Phi) is 26.5. The maximum atomic E-state index is 12.1. The van der Waals surface area contributed by atoms with Crippen molar-refractivity contribution in [3.8, 4) is 36.2 Å². The molecule has 10 nitrogen and oxygen atoms in total. The third kappa shape index (κ3) is 24.7. The lowest BCUT2D eigenvalue weighted by molar-refractivity contribution is 0.0194. The monoisotopic (exact) mass is 1200 g/mol. The Morgan fingerprint density at radius 3 is 0.988 bits per heavy atom. The van der Waals surface area contributed by atoms with Gasteiger partial charge in [-0.1, -0.05) is 102 Å². The van der Waals surface area contributed by atoms with Crippen molar-refractivity contribution in [1.82, 2.24) is 20.0 Å². The van der Waals surface area contributed by atoms with Crippen molar-refractivity contribution < 1.29 is 28.6 Å². The summed E-state index contributed by atoms with van der Waals surface area (Å²) in [5.41, 5.74) is 10.6. The minimum Gasteiger partial charge on any atom is -0.444 e. The van der Waals surface area contributed by atoms with Crippen molar-refractivity contribution in [2.24, 2.45) is 0 Å². The van der Waals surface area contributed by atoms with Crippen molar-refractivity contribution in [2.75, 3.05) is 52.4 Å². The van der Waals surface area contributed by atoms with E-state index < -0.39 is 24.9 Å². The second-order valence-corrected chi connectivity index (χ2v) is 31.1. The number of benzene rings is 4. The van der Waals surface area contributed by atoms with Gasteiger partial charge < -0.3 is 34.2 Å². The molecule has 4 fully saturated rings. The Bertz CT molecular complexity index is 2720. The van der Waals surface area contributed by atoms with Crippen LogP contribution in [0.25, 0.3) is 0 Å². The lowest BCUT2D eigenvalue weighted by Crippen LogP contribution is -2.41. The van der Waals surface area contributed by atoms with Crippen LogP contribution in [0.15, 0.2) is 102 Å². The van der Waals surface area contributed by atoms with Crippen molar-refractivity contribution in [3.05, 3.63) is 140 Å². The predicted octanol–water partition coefficient (Wildman–Crippen LogP) is 15.9. The predicted molar refractivity (Wildman–Crippen MR) is 341 cm³/mol. The molecule has 81 heavy (non-hydrogen) atoms. The van der Waals surface area contributed by atoms with Crippen LogP contribution in [-0.4, -0.2) is 110 Å². The van der Waals surface area contributed by atoms with Gasteiger partial charge in [-0.3, -0.25) is 0 Å². The number of likely N-dealkylation sites (tertiary alicyclic amines) is 3. The van der Waals surface area contributed by atoms with Crippen LogP contribution in [0.2, 0.25) is 19.6 Å². The Balaban J connectivity index is 0.000000235. The van der Waals surface area contributed by atoms with Gasteiger partial charge in [0.1, 0.15) is 24.9 Å². The fourth-order valence-corrected chi connectivity index (χ4v) is 10.6. The summed E-state index contributed by atoms with van der Waals surface area (Å²) in [6, 6.07) is 33.7. The molecule has 4 aliphatic heterocycles. The molecule has 4 heterocycles. The van der Waals surface area contributed by atoms with E-state index in [9.17, 15) is 14.4 Å². The van der Waals surface area contributed by atoms with E-state index in [1.165, 1.54) is 35.1 Å². The molecule has 0 bridgehead atoms. The summed E-state index contributed by atoms with van der Waals surface area (Å²) >= 11 is 3.46. The normalized spacial score (nSPS) is 16.5. The highest BCUT2D eigenvalue weighted by Crippen LogP contribution is 2.32. The standard InChI is InChI=1S/C21H31NO2Si.C18H23NO2.C16H22BrNO2.C13H15N.ClH/c1-21(2,3)24-20(23)22-14-11-19(12-15-22)18-9-7-17(8-10-18)13-16-25(4,5)6;1-5-14-6-8-15(9-7-14)16-10-12-19(13-11-16)17(20)21-18(2,3)4;1-16(2,3)20-15(19)18-10-8-13(9-11-18)12-4-6-14(17)7-5-12;1-2-11-3-5-12(6-4-11)13-7-9-14-10-8-13;/h7-10,19H,11-12,14-15H2,1-6H3;1,6-9,16H,10-13H2,2-4H3;4-7,13H,8-11H2,1-3H3;1,3-6,13-14H,7-10H2;1H. The first-order chi connectivity index (χ1) is 37.7. The van der Waals surface area contributed by atoms with Gasteiger partial charge in [0.15, 0.2) is 0 Å². The maximum absolute atomic E-state index is 12.1. The Labute approximate surface area is 503 Å². The van der Waals surface area contributed by atoms with Crippen LogP contribution < -0.4 is 5.32 Å².